The molecule has 1 aromatic heterocycles. The van der Waals surface area contributed by atoms with Crippen LogP contribution in [0.4, 0.5) is 10.2 Å². The Labute approximate surface area is 134 Å². The summed E-state index contributed by atoms with van der Waals surface area (Å²) in [4.78, 5) is 0. The third kappa shape index (κ3) is 2.85. The van der Waals surface area contributed by atoms with Crippen LogP contribution < -0.4 is 10.1 Å². The molecule has 0 fully saturated rings. The van der Waals surface area contributed by atoms with Gasteiger partial charge in [-0.1, -0.05) is 36.4 Å². The molecule has 1 N–H and O–H groups in total. The second-order valence-corrected chi connectivity index (χ2v) is 4.93. The molecule has 0 aliphatic carbocycles. The fourth-order valence-corrected chi connectivity index (χ4v) is 2.46. The standard InChI is InChI=1S/C18H16FN3O/c1-20-18-14(12-7-4-3-5-8-12)11-16(21-22-18)13-9-6-10-15(19)17(13)23-2/h3-11H,1-2H3,(H,20,22). The van der Waals surface area contributed by atoms with E-state index in [9.17, 15) is 4.39 Å². The lowest BCUT2D eigenvalue weighted by molar-refractivity contribution is 0.388. The summed E-state index contributed by atoms with van der Waals surface area (Å²) >= 11 is 0. The smallest absolute Gasteiger partial charge is 0.165 e. The number of ether oxygens (including phenoxy) is 1. The van der Waals surface area contributed by atoms with E-state index >= 15 is 0 Å². The van der Waals surface area contributed by atoms with Crippen molar-refractivity contribution in [2.75, 3.05) is 19.5 Å². The minimum atomic E-state index is -0.425. The van der Waals surface area contributed by atoms with E-state index in [1.807, 2.05) is 36.4 Å². The Morgan fingerprint density at radius 2 is 1.74 bits per heavy atom. The Balaban J connectivity index is 2.18. The number of anilines is 1. The Kier molecular flexibility index (Phi) is 4.19. The number of halogens is 1. The molecule has 0 aliphatic rings. The predicted molar refractivity (Wildman–Crippen MR) is 89.0 cm³/mol. The first kappa shape index (κ1) is 15.0. The molecule has 0 unspecified atom stereocenters. The Morgan fingerprint density at radius 1 is 0.957 bits per heavy atom. The van der Waals surface area contributed by atoms with Crippen molar-refractivity contribution in [1.29, 1.82) is 0 Å². The fourth-order valence-electron chi connectivity index (χ4n) is 2.46. The molecular formula is C18H16FN3O. The first-order chi connectivity index (χ1) is 11.2. The van der Waals surface area contributed by atoms with Gasteiger partial charge < -0.3 is 10.1 Å². The second kappa shape index (κ2) is 6.44. The highest BCUT2D eigenvalue weighted by molar-refractivity contribution is 5.80. The van der Waals surface area contributed by atoms with Gasteiger partial charge in [0.05, 0.1) is 12.8 Å². The van der Waals surface area contributed by atoms with Crippen LogP contribution >= 0.6 is 0 Å². The summed E-state index contributed by atoms with van der Waals surface area (Å²) in [6, 6.07) is 16.5. The molecule has 2 aromatic carbocycles. The van der Waals surface area contributed by atoms with Gasteiger partial charge in [-0.15, -0.1) is 10.2 Å². The number of hydrogen-bond acceptors (Lipinski definition) is 4. The molecule has 3 rings (SSSR count). The van der Waals surface area contributed by atoms with E-state index in [1.165, 1.54) is 13.2 Å². The van der Waals surface area contributed by atoms with E-state index in [-0.39, 0.29) is 5.75 Å². The molecule has 4 nitrogen and oxygen atoms in total. The van der Waals surface area contributed by atoms with Gasteiger partial charge in [0, 0.05) is 18.2 Å². The van der Waals surface area contributed by atoms with E-state index < -0.39 is 5.82 Å². The van der Waals surface area contributed by atoms with Crippen molar-refractivity contribution in [3.8, 4) is 28.1 Å². The summed E-state index contributed by atoms with van der Waals surface area (Å²) in [5, 5.41) is 11.4. The normalized spacial score (nSPS) is 10.4. The van der Waals surface area contributed by atoms with E-state index in [0.29, 0.717) is 17.1 Å². The lowest BCUT2D eigenvalue weighted by Gasteiger charge is -2.12. The number of benzene rings is 2. The molecule has 0 saturated heterocycles. The maximum Gasteiger partial charge on any atom is 0.165 e. The molecule has 3 aromatic rings. The van der Waals surface area contributed by atoms with Crippen LogP contribution in [0.5, 0.6) is 5.75 Å². The Bertz CT molecular complexity index is 822. The highest BCUT2D eigenvalue weighted by Crippen LogP contribution is 2.34. The highest BCUT2D eigenvalue weighted by Gasteiger charge is 2.15. The molecule has 116 valence electrons. The van der Waals surface area contributed by atoms with Crippen molar-refractivity contribution in [3.63, 3.8) is 0 Å². The monoisotopic (exact) mass is 309 g/mol. The summed E-state index contributed by atoms with van der Waals surface area (Å²) in [6.45, 7) is 0. The minimum absolute atomic E-state index is 0.165. The van der Waals surface area contributed by atoms with Gasteiger partial charge in [-0.05, 0) is 23.8 Å². The summed E-state index contributed by atoms with van der Waals surface area (Å²) in [5.41, 5.74) is 3.02. The molecule has 0 bridgehead atoms. The summed E-state index contributed by atoms with van der Waals surface area (Å²) in [6.07, 6.45) is 0. The van der Waals surface area contributed by atoms with Gasteiger partial charge in [0.25, 0.3) is 0 Å². The average molecular weight is 309 g/mol. The number of nitrogens with zero attached hydrogens (tertiary/aromatic N) is 2. The molecule has 1 heterocycles. The molecule has 0 spiro atoms. The van der Waals surface area contributed by atoms with E-state index in [4.69, 9.17) is 4.74 Å². The van der Waals surface area contributed by atoms with Gasteiger partial charge >= 0.3 is 0 Å². The van der Waals surface area contributed by atoms with Crippen molar-refractivity contribution in [2.24, 2.45) is 0 Å². The van der Waals surface area contributed by atoms with Crippen LogP contribution in [-0.4, -0.2) is 24.4 Å². The van der Waals surface area contributed by atoms with Gasteiger partial charge in [-0.3, -0.25) is 0 Å². The van der Waals surface area contributed by atoms with Crippen molar-refractivity contribution < 1.29 is 9.13 Å². The molecule has 0 atom stereocenters. The predicted octanol–water partition coefficient (Wildman–Crippen LogP) is 4.00. The van der Waals surface area contributed by atoms with Crippen molar-refractivity contribution in [3.05, 3.63) is 60.4 Å². The third-order valence-electron chi connectivity index (χ3n) is 3.56. The molecule has 0 amide bonds. The van der Waals surface area contributed by atoms with Crippen LogP contribution in [-0.2, 0) is 0 Å². The zero-order valence-electron chi connectivity index (χ0n) is 12.9. The maximum absolute atomic E-state index is 13.9. The summed E-state index contributed by atoms with van der Waals surface area (Å²) in [7, 11) is 3.23. The number of para-hydroxylation sites is 1. The zero-order valence-corrected chi connectivity index (χ0v) is 12.9. The molecular weight excluding hydrogens is 293 g/mol. The minimum Gasteiger partial charge on any atom is -0.493 e. The van der Waals surface area contributed by atoms with Crippen molar-refractivity contribution in [1.82, 2.24) is 10.2 Å². The van der Waals surface area contributed by atoms with Gasteiger partial charge in [0.1, 0.15) is 0 Å². The fraction of sp³-hybridized carbons (Fsp3) is 0.111. The maximum atomic E-state index is 13.9. The summed E-state index contributed by atoms with van der Waals surface area (Å²) < 4.78 is 19.1. The number of nitrogens with one attached hydrogen (secondary N) is 1. The van der Waals surface area contributed by atoms with Crippen LogP contribution in [0.1, 0.15) is 0 Å². The number of hydrogen-bond donors (Lipinski definition) is 1. The van der Waals surface area contributed by atoms with Crippen LogP contribution in [0.25, 0.3) is 22.4 Å². The van der Waals surface area contributed by atoms with E-state index in [0.717, 1.165) is 11.1 Å². The van der Waals surface area contributed by atoms with E-state index in [2.05, 4.69) is 15.5 Å². The molecule has 0 radical (unpaired) electrons. The Hall–Kier alpha value is -2.95. The first-order valence-electron chi connectivity index (χ1n) is 7.18. The lowest BCUT2D eigenvalue weighted by atomic mass is 10.0. The summed E-state index contributed by atoms with van der Waals surface area (Å²) in [5.74, 6) is 0.402. The third-order valence-corrected chi connectivity index (χ3v) is 3.56. The number of aromatic nitrogens is 2. The van der Waals surface area contributed by atoms with Crippen LogP contribution in [0.15, 0.2) is 54.6 Å². The van der Waals surface area contributed by atoms with Gasteiger partial charge in [-0.25, -0.2) is 4.39 Å². The molecule has 0 saturated carbocycles. The number of rotatable bonds is 4. The quantitative estimate of drug-likeness (QED) is 0.791. The van der Waals surface area contributed by atoms with E-state index in [1.54, 1.807) is 19.2 Å². The van der Waals surface area contributed by atoms with Gasteiger partial charge in [0.2, 0.25) is 0 Å². The zero-order chi connectivity index (χ0) is 16.2. The van der Waals surface area contributed by atoms with Crippen molar-refractivity contribution >= 4 is 5.82 Å². The second-order valence-electron chi connectivity index (χ2n) is 4.93. The molecule has 5 heteroatoms. The molecule has 0 aliphatic heterocycles. The van der Waals surface area contributed by atoms with Gasteiger partial charge in [0.15, 0.2) is 17.4 Å². The number of methoxy groups -OCH3 is 1. The van der Waals surface area contributed by atoms with Gasteiger partial charge in [-0.2, -0.15) is 0 Å². The molecule has 23 heavy (non-hydrogen) atoms. The topological polar surface area (TPSA) is 47.0 Å². The van der Waals surface area contributed by atoms with Crippen LogP contribution in [0.2, 0.25) is 0 Å². The highest BCUT2D eigenvalue weighted by atomic mass is 19.1. The van der Waals surface area contributed by atoms with Crippen LogP contribution in [0.3, 0.4) is 0 Å². The SMILES string of the molecule is CNc1nnc(-c2cccc(F)c2OC)cc1-c1ccccc1. The van der Waals surface area contributed by atoms with Crippen LogP contribution in [0, 0.1) is 5.82 Å². The average Bonchev–Trinajstić information content (AvgIpc) is 2.61. The largest absolute Gasteiger partial charge is 0.493 e. The Morgan fingerprint density at radius 3 is 2.43 bits per heavy atom. The first-order valence-corrected chi connectivity index (χ1v) is 7.18. The van der Waals surface area contributed by atoms with Crippen molar-refractivity contribution in [2.45, 2.75) is 0 Å². The lowest BCUT2D eigenvalue weighted by Crippen LogP contribution is -2.00.